The molecule has 0 aliphatic rings. The second kappa shape index (κ2) is 7.71. The van der Waals surface area contributed by atoms with Crippen molar-refractivity contribution in [3.8, 4) is 5.69 Å². The average molecular weight is 446 g/mol. The number of aryl methyl sites for hydroxylation is 2. The molecule has 0 unspecified atom stereocenters. The molecule has 0 aliphatic carbocycles. The van der Waals surface area contributed by atoms with Gasteiger partial charge in [0.2, 0.25) is 0 Å². The second-order valence-electron chi connectivity index (χ2n) is 6.32. The Morgan fingerprint density at radius 2 is 1.89 bits per heavy atom. The molecule has 0 amide bonds. The van der Waals surface area contributed by atoms with Crippen LogP contribution >= 0.6 is 27.5 Å². The third-order valence-electron chi connectivity index (χ3n) is 4.40. The van der Waals surface area contributed by atoms with Gasteiger partial charge in [-0.05, 0) is 68.8 Å². The molecule has 0 atom stereocenters. The highest BCUT2D eigenvalue weighted by atomic mass is 79.9. The molecule has 0 bridgehead atoms. The molecule has 0 radical (unpaired) electrons. The Labute approximate surface area is 171 Å². The molecule has 2 aromatic carbocycles. The van der Waals surface area contributed by atoms with Gasteiger partial charge < -0.3 is 9.67 Å². The van der Waals surface area contributed by atoms with Gasteiger partial charge in [-0.3, -0.25) is 4.99 Å². The number of nitrogens with zero attached hydrogens (tertiary/aromatic N) is 2. The van der Waals surface area contributed by atoms with E-state index in [0.717, 1.165) is 38.4 Å². The summed E-state index contributed by atoms with van der Waals surface area (Å²) in [7, 11) is 0. The average Bonchev–Trinajstić information content (AvgIpc) is 2.90. The molecule has 3 rings (SSSR count). The third kappa shape index (κ3) is 3.99. The minimum Gasteiger partial charge on any atom is -0.478 e. The summed E-state index contributed by atoms with van der Waals surface area (Å²) in [5.74, 6) is -1.04. The van der Waals surface area contributed by atoms with E-state index in [1.165, 1.54) is 0 Å². The third-order valence-corrected chi connectivity index (χ3v) is 5.62. The Morgan fingerprint density at radius 1 is 1.15 bits per heavy atom. The fraction of sp³-hybridized carbons (Fsp3) is 0.143. The first-order valence-corrected chi connectivity index (χ1v) is 9.47. The molecule has 6 heteroatoms. The van der Waals surface area contributed by atoms with Crippen molar-refractivity contribution in [3.05, 3.63) is 80.0 Å². The van der Waals surface area contributed by atoms with Gasteiger partial charge in [-0.25, -0.2) is 4.79 Å². The predicted molar refractivity (Wildman–Crippen MR) is 113 cm³/mol. The van der Waals surface area contributed by atoms with Crippen molar-refractivity contribution in [3.63, 3.8) is 0 Å². The summed E-state index contributed by atoms with van der Waals surface area (Å²) in [6.07, 6.45) is 1.83. The van der Waals surface area contributed by atoms with Crippen LogP contribution < -0.4 is 0 Å². The van der Waals surface area contributed by atoms with Gasteiger partial charge >= 0.3 is 5.97 Å². The topological polar surface area (TPSA) is 54.6 Å². The van der Waals surface area contributed by atoms with E-state index in [-0.39, 0.29) is 10.6 Å². The maximum absolute atomic E-state index is 11.4. The molecule has 0 saturated heterocycles. The highest BCUT2D eigenvalue weighted by Crippen LogP contribution is 2.26. The zero-order chi connectivity index (χ0) is 19.7. The van der Waals surface area contributed by atoms with Gasteiger partial charge in [0.25, 0.3) is 0 Å². The van der Waals surface area contributed by atoms with Crippen LogP contribution in [0.1, 0.15) is 32.9 Å². The number of carboxylic acids is 1. The number of hydrogen-bond acceptors (Lipinski definition) is 2. The number of carboxylic acid groups (broad SMARTS) is 1. The number of halogens is 2. The minimum absolute atomic E-state index is 0.0854. The largest absolute Gasteiger partial charge is 0.478 e. The standard InChI is InChI=1S/C21H18BrClN2O2/c1-12-8-16(4-6-19(12)22)24-11-15-9-13(2)25(14(15)3)17-5-7-20(23)18(10-17)21(26)27/h4-11H,1-3H3,(H,26,27). The lowest BCUT2D eigenvalue weighted by Gasteiger charge is -2.11. The number of rotatable bonds is 4. The van der Waals surface area contributed by atoms with E-state index < -0.39 is 5.97 Å². The fourth-order valence-electron chi connectivity index (χ4n) is 2.99. The number of aromatic carboxylic acids is 1. The van der Waals surface area contributed by atoms with Crippen molar-refractivity contribution in [2.24, 2.45) is 4.99 Å². The van der Waals surface area contributed by atoms with Gasteiger partial charge in [0.15, 0.2) is 0 Å². The number of benzene rings is 2. The zero-order valence-corrected chi connectivity index (χ0v) is 17.5. The second-order valence-corrected chi connectivity index (χ2v) is 7.58. The Balaban J connectivity index is 2.00. The van der Waals surface area contributed by atoms with Gasteiger partial charge in [-0.2, -0.15) is 0 Å². The summed E-state index contributed by atoms with van der Waals surface area (Å²) in [6, 6.07) is 13.0. The molecule has 1 heterocycles. The molecular formula is C21H18BrClN2O2. The summed E-state index contributed by atoms with van der Waals surface area (Å²) < 4.78 is 3.05. The molecule has 1 aromatic heterocycles. The molecule has 4 nitrogen and oxygen atoms in total. The smallest absolute Gasteiger partial charge is 0.337 e. The summed E-state index contributed by atoms with van der Waals surface area (Å²) in [5, 5.41) is 9.54. The Morgan fingerprint density at radius 3 is 2.56 bits per heavy atom. The van der Waals surface area contributed by atoms with Gasteiger partial charge in [-0.15, -0.1) is 0 Å². The first kappa shape index (κ1) is 19.4. The summed E-state index contributed by atoms with van der Waals surface area (Å²) in [4.78, 5) is 15.9. The minimum atomic E-state index is -1.04. The predicted octanol–water partition coefficient (Wildman–Crippen LogP) is 6.27. The number of hydrogen-bond donors (Lipinski definition) is 1. The van der Waals surface area contributed by atoms with E-state index in [1.54, 1.807) is 12.1 Å². The van der Waals surface area contributed by atoms with E-state index in [4.69, 9.17) is 11.6 Å². The Bertz CT molecular complexity index is 1070. The van der Waals surface area contributed by atoms with Crippen molar-refractivity contribution >= 4 is 45.4 Å². The van der Waals surface area contributed by atoms with Crippen LogP contribution in [-0.2, 0) is 0 Å². The van der Waals surface area contributed by atoms with Crippen LogP contribution in [-0.4, -0.2) is 21.9 Å². The molecule has 0 spiro atoms. The van der Waals surface area contributed by atoms with Crippen LogP contribution in [0, 0.1) is 20.8 Å². The summed E-state index contributed by atoms with van der Waals surface area (Å²) in [5.41, 5.74) is 5.77. The quantitative estimate of drug-likeness (QED) is 0.481. The van der Waals surface area contributed by atoms with Crippen LogP contribution in [0.4, 0.5) is 5.69 Å². The molecule has 3 aromatic rings. The van der Waals surface area contributed by atoms with Gasteiger partial charge in [0, 0.05) is 33.3 Å². The number of aliphatic imine (C=N–C) groups is 1. The molecule has 138 valence electrons. The lowest BCUT2D eigenvalue weighted by Crippen LogP contribution is -2.03. The lowest BCUT2D eigenvalue weighted by molar-refractivity contribution is 0.0697. The van der Waals surface area contributed by atoms with Crippen LogP contribution in [0.3, 0.4) is 0 Å². The van der Waals surface area contributed by atoms with Crippen molar-refractivity contribution in [1.29, 1.82) is 0 Å². The zero-order valence-electron chi connectivity index (χ0n) is 15.1. The van der Waals surface area contributed by atoms with E-state index in [9.17, 15) is 9.90 Å². The van der Waals surface area contributed by atoms with Crippen LogP contribution in [0.15, 0.2) is 51.9 Å². The molecule has 0 saturated carbocycles. The highest BCUT2D eigenvalue weighted by Gasteiger charge is 2.14. The van der Waals surface area contributed by atoms with Gasteiger partial charge in [0.1, 0.15) is 0 Å². The van der Waals surface area contributed by atoms with Crippen molar-refractivity contribution in [1.82, 2.24) is 4.57 Å². The molecule has 27 heavy (non-hydrogen) atoms. The summed E-state index contributed by atoms with van der Waals surface area (Å²) in [6.45, 7) is 5.98. The first-order valence-electron chi connectivity index (χ1n) is 8.30. The normalized spacial score (nSPS) is 11.3. The SMILES string of the molecule is Cc1cc(N=Cc2cc(C)n(-c3ccc(Cl)c(C(=O)O)c3)c2C)ccc1Br. The maximum atomic E-state index is 11.4. The van der Waals surface area contributed by atoms with Crippen LogP contribution in [0.5, 0.6) is 0 Å². The van der Waals surface area contributed by atoms with Crippen molar-refractivity contribution < 1.29 is 9.90 Å². The fourth-order valence-corrected chi connectivity index (χ4v) is 3.43. The van der Waals surface area contributed by atoms with Crippen molar-refractivity contribution in [2.75, 3.05) is 0 Å². The van der Waals surface area contributed by atoms with E-state index in [1.807, 2.05) is 61.9 Å². The van der Waals surface area contributed by atoms with E-state index in [2.05, 4.69) is 20.9 Å². The lowest BCUT2D eigenvalue weighted by atomic mass is 10.2. The number of carbonyl (C=O) groups is 1. The first-order chi connectivity index (χ1) is 12.8. The monoisotopic (exact) mass is 444 g/mol. The summed E-state index contributed by atoms with van der Waals surface area (Å²) >= 11 is 9.48. The number of aromatic nitrogens is 1. The molecule has 0 aliphatic heterocycles. The highest BCUT2D eigenvalue weighted by molar-refractivity contribution is 9.10. The molecule has 1 N–H and O–H groups in total. The molecule has 0 fully saturated rings. The Kier molecular flexibility index (Phi) is 5.53. The van der Waals surface area contributed by atoms with Gasteiger partial charge in [-0.1, -0.05) is 27.5 Å². The van der Waals surface area contributed by atoms with E-state index in [0.29, 0.717) is 0 Å². The van der Waals surface area contributed by atoms with Crippen LogP contribution in [0.2, 0.25) is 5.02 Å². The van der Waals surface area contributed by atoms with E-state index >= 15 is 0 Å². The van der Waals surface area contributed by atoms with Crippen LogP contribution in [0.25, 0.3) is 5.69 Å². The van der Waals surface area contributed by atoms with Gasteiger partial charge in [0.05, 0.1) is 16.3 Å². The Hall–Kier alpha value is -2.37. The van der Waals surface area contributed by atoms with Crippen molar-refractivity contribution in [2.45, 2.75) is 20.8 Å². The molecular weight excluding hydrogens is 428 g/mol. The maximum Gasteiger partial charge on any atom is 0.337 e.